The average molecular weight is 282 g/mol. The number of hydrogen-bond donors (Lipinski definition) is 1. The summed E-state index contributed by atoms with van der Waals surface area (Å²) in [6.45, 7) is -1.17. The van der Waals surface area contributed by atoms with Crippen molar-refractivity contribution >= 4 is 5.97 Å². The van der Waals surface area contributed by atoms with Gasteiger partial charge >= 0.3 is 12.1 Å². The van der Waals surface area contributed by atoms with E-state index in [9.17, 15) is 18.0 Å². The molecule has 0 atom stereocenters. The minimum Gasteiger partial charge on any atom is -0.481 e. The summed E-state index contributed by atoms with van der Waals surface area (Å²) in [5.74, 6) is -0.560. The van der Waals surface area contributed by atoms with Crippen LogP contribution in [0.3, 0.4) is 0 Å². The van der Waals surface area contributed by atoms with Gasteiger partial charge in [0.15, 0.2) is 5.82 Å². The number of aromatic nitrogens is 4. The molecule has 0 spiro atoms. The van der Waals surface area contributed by atoms with Gasteiger partial charge in [-0.2, -0.15) is 13.2 Å². The molecule has 0 bridgehead atoms. The highest BCUT2D eigenvalue weighted by molar-refractivity contribution is 5.66. The van der Waals surface area contributed by atoms with Gasteiger partial charge in [0.2, 0.25) is 0 Å². The summed E-state index contributed by atoms with van der Waals surface area (Å²) in [5, 5.41) is 19.1. The molecule has 1 heterocycles. The molecule has 0 unspecified atom stereocenters. The Hall–Kier alpha value is -1.71. The van der Waals surface area contributed by atoms with Crippen LogP contribution in [0.2, 0.25) is 0 Å². The van der Waals surface area contributed by atoms with Crippen molar-refractivity contribution in [3.05, 3.63) is 5.82 Å². The van der Waals surface area contributed by atoms with E-state index in [2.05, 4.69) is 20.3 Å². The molecule has 0 aliphatic heterocycles. The Balaban J connectivity index is 2.30. The van der Waals surface area contributed by atoms with Crippen molar-refractivity contribution in [2.75, 3.05) is 13.2 Å². The number of nitrogens with zero attached hydrogens (tertiary/aromatic N) is 4. The van der Waals surface area contributed by atoms with E-state index in [0.29, 0.717) is 18.8 Å². The first-order valence-corrected chi connectivity index (χ1v) is 5.50. The third-order valence-corrected chi connectivity index (χ3v) is 2.10. The monoisotopic (exact) mass is 282 g/mol. The van der Waals surface area contributed by atoms with Crippen LogP contribution in [0.1, 0.15) is 18.7 Å². The fourth-order valence-electron chi connectivity index (χ4n) is 1.31. The van der Waals surface area contributed by atoms with Gasteiger partial charge in [0.1, 0.15) is 6.61 Å². The van der Waals surface area contributed by atoms with Crippen molar-refractivity contribution in [2.45, 2.75) is 32.0 Å². The average Bonchev–Trinajstić information content (AvgIpc) is 2.70. The molecule has 0 saturated carbocycles. The first-order valence-electron chi connectivity index (χ1n) is 5.50. The Morgan fingerprint density at radius 1 is 1.42 bits per heavy atom. The molecule has 1 rings (SSSR count). The van der Waals surface area contributed by atoms with Crippen LogP contribution in [-0.2, 0) is 22.5 Å². The second kappa shape index (κ2) is 7.02. The first-order chi connectivity index (χ1) is 8.88. The predicted molar refractivity (Wildman–Crippen MR) is 55.3 cm³/mol. The number of ether oxygens (including phenoxy) is 1. The number of tetrazole rings is 1. The van der Waals surface area contributed by atoms with Crippen molar-refractivity contribution in [2.24, 2.45) is 0 Å². The summed E-state index contributed by atoms with van der Waals surface area (Å²) in [7, 11) is 0. The minimum absolute atomic E-state index is 0.0239. The molecule has 0 aromatic carbocycles. The maximum absolute atomic E-state index is 11.8. The summed E-state index contributed by atoms with van der Waals surface area (Å²) in [6, 6.07) is 0. The zero-order chi connectivity index (χ0) is 14.3. The molecule has 0 saturated heterocycles. The zero-order valence-electron chi connectivity index (χ0n) is 9.93. The zero-order valence-corrected chi connectivity index (χ0v) is 9.93. The standard InChI is InChI=1S/C9H13F3N4O3/c10-9(11,12)6-19-5-3-7-13-14-15-16(7)4-1-2-8(17)18/h1-6H2,(H,17,18). The van der Waals surface area contributed by atoms with Crippen LogP contribution in [0.25, 0.3) is 0 Å². The number of hydrogen-bond acceptors (Lipinski definition) is 5. The number of alkyl halides is 3. The van der Waals surface area contributed by atoms with Gasteiger partial charge in [-0.1, -0.05) is 0 Å². The summed E-state index contributed by atoms with van der Waals surface area (Å²) in [5.41, 5.74) is 0. The highest BCUT2D eigenvalue weighted by atomic mass is 19.4. The number of carboxylic acid groups (broad SMARTS) is 1. The number of carboxylic acids is 1. The van der Waals surface area contributed by atoms with Gasteiger partial charge in [-0.3, -0.25) is 4.79 Å². The van der Waals surface area contributed by atoms with Crippen LogP contribution >= 0.6 is 0 Å². The van der Waals surface area contributed by atoms with Gasteiger partial charge < -0.3 is 9.84 Å². The quantitative estimate of drug-likeness (QED) is 0.704. The van der Waals surface area contributed by atoms with E-state index in [1.807, 2.05) is 0 Å². The number of aryl methyl sites for hydroxylation is 1. The van der Waals surface area contributed by atoms with Crippen LogP contribution in [-0.4, -0.2) is 50.7 Å². The van der Waals surface area contributed by atoms with Crippen molar-refractivity contribution in [3.63, 3.8) is 0 Å². The Morgan fingerprint density at radius 2 is 2.16 bits per heavy atom. The molecule has 0 fully saturated rings. The fourth-order valence-corrected chi connectivity index (χ4v) is 1.31. The van der Waals surface area contributed by atoms with Crippen LogP contribution in [0, 0.1) is 0 Å². The summed E-state index contributed by atoms with van der Waals surface area (Å²) >= 11 is 0. The molecule has 0 aliphatic carbocycles. The van der Waals surface area contributed by atoms with E-state index in [4.69, 9.17) is 5.11 Å². The molecule has 1 aromatic heterocycles. The molecule has 7 nitrogen and oxygen atoms in total. The summed E-state index contributed by atoms with van der Waals surface area (Å²) in [4.78, 5) is 10.3. The molecular formula is C9H13F3N4O3. The third-order valence-electron chi connectivity index (χ3n) is 2.10. The Bertz CT molecular complexity index is 408. The lowest BCUT2D eigenvalue weighted by Crippen LogP contribution is -2.18. The molecule has 1 N–H and O–H groups in total. The lowest BCUT2D eigenvalue weighted by molar-refractivity contribution is -0.173. The Labute approximate surface area is 106 Å². The third kappa shape index (κ3) is 6.70. The number of aliphatic carboxylic acids is 1. The molecule has 10 heteroatoms. The molecular weight excluding hydrogens is 269 g/mol. The van der Waals surface area contributed by atoms with E-state index in [0.717, 1.165) is 0 Å². The predicted octanol–water partition coefficient (Wildman–Crippen LogP) is 0.659. The highest BCUT2D eigenvalue weighted by Crippen LogP contribution is 2.14. The van der Waals surface area contributed by atoms with Crippen molar-refractivity contribution in [3.8, 4) is 0 Å². The molecule has 0 amide bonds. The van der Waals surface area contributed by atoms with Crippen molar-refractivity contribution < 1.29 is 27.8 Å². The Kier molecular flexibility index (Phi) is 5.67. The van der Waals surface area contributed by atoms with Gasteiger partial charge in [0, 0.05) is 19.4 Å². The van der Waals surface area contributed by atoms with Crippen molar-refractivity contribution in [1.29, 1.82) is 0 Å². The van der Waals surface area contributed by atoms with Crippen LogP contribution in [0.4, 0.5) is 13.2 Å². The molecule has 108 valence electrons. The first kappa shape index (κ1) is 15.3. The van der Waals surface area contributed by atoms with Gasteiger partial charge in [0.05, 0.1) is 6.61 Å². The minimum atomic E-state index is -4.35. The maximum Gasteiger partial charge on any atom is 0.411 e. The van der Waals surface area contributed by atoms with E-state index in [1.165, 1.54) is 4.68 Å². The van der Waals surface area contributed by atoms with Gasteiger partial charge in [-0.25, -0.2) is 4.68 Å². The molecule has 0 aliphatic rings. The van der Waals surface area contributed by atoms with Crippen LogP contribution in [0.5, 0.6) is 0 Å². The molecule has 19 heavy (non-hydrogen) atoms. The highest BCUT2D eigenvalue weighted by Gasteiger charge is 2.27. The lowest BCUT2D eigenvalue weighted by atomic mass is 10.3. The van der Waals surface area contributed by atoms with E-state index >= 15 is 0 Å². The summed E-state index contributed by atoms with van der Waals surface area (Å²) in [6.07, 6.45) is -3.90. The molecule has 0 radical (unpaired) electrons. The van der Waals surface area contributed by atoms with Gasteiger partial charge in [0.25, 0.3) is 0 Å². The van der Waals surface area contributed by atoms with E-state index in [-0.39, 0.29) is 19.4 Å². The molecule has 1 aromatic rings. The van der Waals surface area contributed by atoms with E-state index in [1.54, 1.807) is 0 Å². The lowest BCUT2D eigenvalue weighted by Gasteiger charge is -2.07. The van der Waals surface area contributed by atoms with Crippen molar-refractivity contribution in [1.82, 2.24) is 20.2 Å². The van der Waals surface area contributed by atoms with Crippen LogP contribution in [0.15, 0.2) is 0 Å². The number of carbonyl (C=O) groups is 1. The number of rotatable bonds is 8. The second-order valence-electron chi connectivity index (χ2n) is 3.73. The second-order valence-corrected chi connectivity index (χ2v) is 3.73. The topological polar surface area (TPSA) is 90.1 Å². The van der Waals surface area contributed by atoms with Gasteiger partial charge in [-0.05, 0) is 16.8 Å². The maximum atomic E-state index is 11.8. The van der Waals surface area contributed by atoms with Crippen LogP contribution < -0.4 is 0 Å². The normalized spacial score (nSPS) is 11.7. The fraction of sp³-hybridized carbons (Fsp3) is 0.778. The largest absolute Gasteiger partial charge is 0.481 e. The Morgan fingerprint density at radius 3 is 2.79 bits per heavy atom. The van der Waals surface area contributed by atoms with E-state index < -0.39 is 18.8 Å². The number of halogens is 3. The summed E-state index contributed by atoms with van der Waals surface area (Å²) < 4.78 is 41.3. The smallest absolute Gasteiger partial charge is 0.411 e. The SMILES string of the molecule is O=C(O)CCCn1nnnc1CCOCC(F)(F)F. The van der Waals surface area contributed by atoms with Gasteiger partial charge in [-0.15, -0.1) is 5.10 Å².